The fourth-order valence-corrected chi connectivity index (χ4v) is 5.64. The SMILES string of the molecule is NC(=O)CC(NC(=O)C(Cc1c[nH]c2ccccc12)NC(=O)C(N)Cc1ccccc1)C(=O)NC(Cc1c[nH]c2ccccc12)C(=O)O. The van der Waals surface area contributed by atoms with Crippen LogP contribution in [0.1, 0.15) is 23.1 Å². The molecule has 5 rings (SSSR count). The number of primary amides is 1. The van der Waals surface area contributed by atoms with Crippen LogP contribution in [0.5, 0.6) is 0 Å². The van der Waals surface area contributed by atoms with Gasteiger partial charge >= 0.3 is 5.97 Å². The number of nitrogens with two attached hydrogens (primary N) is 2. The number of aromatic amines is 2. The van der Waals surface area contributed by atoms with E-state index in [1.807, 2.05) is 78.9 Å². The van der Waals surface area contributed by atoms with Crippen molar-refractivity contribution in [3.63, 3.8) is 0 Å². The molecule has 0 aliphatic rings. The Balaban J connectivity index is 1.34. The molecule has 4 atom stereocenters. The molecule has 0 aliphatic carbocycles. The number of hydrogen-bond donors (Lipinski definition) is 8. The number of benzene rings is 3. The molecule has 0 radical (unpaired) electrons. The predicted octanol–water partition coefficient (Wildman–Crippen LogP) is 1.42. The normalized spacial score (nSPS) is 13.7. The maximum Gasteiger partial charge on any atom is 0.326 e. The topological polar surface area (TPSA) is 225 Å². The van der Waals surface area contributed by atoms with Gasteiger partial charge in [0, 0.05) is 47.0 Å². The molecule has 0 saturated carbocycles. The number of para-hydroxylation sites is 2. The van der Waals surface area contributed by atoms with E-state index in [-0.39, 0.29) is 19.3 Å². The molecule has 0 bridgehead atoms. The molecule has 5 aromatic rings. The quantitative estimate of drug-likeness (QED) is 0.0830. The second-order valence-corrected chi connectivity index (χ2v) is 11.6. The van der Waals surface area contributed by atoms with Gasteiger partial charge in [0.1, 0.15) is 18.1 Å². The zero-order chi connectivity index (χ0) is 34.2. The van der Waals surface area contributed by atoms with Gasteiger partial charge in [-0.2, -0.15) is 0 Å². The van der Waals surface area contributed by atoms with Crippen LogP contribution >= 0.6 is 0 Å². The lowest BCUT2D eigenvalue weighted by atomic mass is 10.0. The van der Waals surface area contributed by atoms with E-state index < -0.39 is 60.2 Å². The molecular formula is C35H37N7O6. The molecule has 0 saturated heterocycles. The summed E-state index contributed by atoms with van der Waals surface area (Å²) in [5.74, 6) is -4.52. The monoisotopic (exact) mass is 651 g/mol. The summed E-state index contributed by atoms with van der Waals surface area (Å²) < 4.78 is 0. The third-order valence-electron chi connectivity index (χ3n) is 8.12. The van der Waals surface area contributed by atoms with Crippen LogP contribution in [-0.4, -0.2) is 68.8 Å². The lowest BCUT2D eigenvalue weighted by Gasteiger charge is -2.25. The van der Waals surface area contributed by atoms with E-state index in [2.05, 4.69) is 25.9 Å². The molecule has 13 nitrogen and oxygen atoms in total. The molecule has 10 N–H and O–H groups in total. The molecule has 4 unspecified atom stereocenters. The van der Waals surface area contributed by atoms with Crippen LogP contribution in [0.2, 0.25) is 0 Å². The first kappa shape index (κ1) is 33.4. The number of fused-ring (bicyclic) bond motifs is 2. The van der Waals surface area contributed by atoms with Crippen LogP contribution in [0.25, 0.3) is 21.8 Å². The van der Waals surface area contributed by atoms with Gasteiger partial charge in [0.15, 0.2) is 0 Å². The smallest absolute Gasteiger partial charge is 0.326 e. The lowest BCUT2D eigenvalue weighted by molar-refractivity contribution is -0.142. The number of carbonyl (C=O) groups is 5. The number of carbonyl (C=O) groups excluding carboxylic acids is 4. The lowest BCUT2D eigenvalue weighted by Crippen LogP contribution is -2.58. The Morgan fingerprint density at radius 2 is 1.10 bits per heavy atom. The molecule has 3 aromatic carbocycles. The van der Waals surface area contributed by atoms with E-state index in [0.29, 0.717) is 11.1 Å². The van der Waals surface area contributed by atoms with Crippen molar-refractivity contribution in [2.45, 2.75) is 49.9 Å². The highest BCUT2D eigenvalue weighted by molar-refractivity contribution is 5.97. The fourth-order valence-electron chi connectivity index (χ4n) is 5.64. The van der Waals surface area contributed by atoms with Crippen LogP contribution < -0.4 is 27.4 Å². The summed E-state index contributed by atoms with van der Waals surface area (Å²) in [6.45, 7) is 0. The van der Waals surface area contributed by atoms with Crippen molar-refractivity contribution in [2.75, 3.05) is 0 Å². The minimum Gasteiger partial charge on any atom is -0.480 e. The number of aliphatic carboxylic acids is 1. The van der Waals surface area contributed by atoms with Crippen LogP contribution in [0.4, 0.5) is 0 Å². The van der Waals surface area contributed by atoms with E-state index in [0.717, 1.165) is 27.4 Å². The van der Waals surface area contributed by atoms with E-state index in [1.54, 1.807) is 12.4 Å². The largest absolute Gasteiger partial charge is 0.480 e. The second-order valence-electron chi connectivity index (χ2n) is 11.6. The zero-order valence-electron chi connectivity index (χ0n) is 25.9. The van der Waals surface area contributed by atoms with Crippen molar-refractivity contribution >= 4 is 51.4 Å². The standard InChI is InChI=1S/C35H37N7O6/c36-25(14-20-8-2-1-3-9-20)32(44)40-28(15-21-18-38-26-12-6-4-10-23(21)26)33(45)41-29(17-31(37)43)34(46)42-30(35(47)48)16-22-19-39-27-13-7-5-11-24(22)27/h1-13,18-19,25,28-30,38-39H,14-17,36H2,(H2,37,43)(H,40,44)(H,41,45)(H,42,46)(H,47,48). The van der Waals surface area contributed by atoms with Gasteiger partial charge in [0.25, 0.3) is 0 Å². The van der Waals surface area contributed by atoms with Crippen molar-refractivity contribution < 1.29 is 29.1 Å². The fraction of sp³-hybridized carbons (Fsp3) is 0.229. The second kappa shape index (κ2) is 15.1. The number of carboxylic acid groups (broad SMARTS) is 1. The van der Waals surface area contributed by atoms with Crippen molar-refractivity contribution in [3.8, 4) is 0 Å². The van der Waals surface area contributed by atoms with Crippen LogP contribution in [0.15, 0.2) is 91.3 Å². The predicted molar refractivity (Wildman–Crippen MR) is 179 cm³/mol. The highest BCUT2D eigenvalue weighted by atomic mass is 16.4. The van der Waals surface area contributed by atoms with Crippen LogP contribution in [0.3, 0.4) is 0 Å². The third kappa shape index (κ3) is 8.25. The first-order chi connectivity index (χ1) is 23.1. The highest BCUT2D eigenvalue weighted by Gasteiger charge is 2.32. The van der Waals surface area contributed by atoms with Gasteiger partial charge in [-0.3, -0.25) is 19.2 Å². The summed E-state index contributed by atoms with van der Waals surface area (Å²) in [6.07, 6.45) is 2.93. The number of hydrogen-bond acceptors (Lipinski definition) is 6. The Morgan fingerprint density at radius 3 is 1.67 bits per heavy atom. The number of nitrogens with one attached hydrogen (secondary N) is 5. The summed E-state index contributed by atoms with van der Waals surface area (Å²) in [7, 11) is 0. The van der Waals surface area contributed by atoms with Gasteiger partial charge in [-0.05, 0) is 35.2 Å². The number of amides is 4. The van der Waals surface area contributed by atoms with Gasteiger partial charge in [-0.25, -0.2) is 4.79 Å². The summed E-state index contributed by atoms with van der Waals surface area (Å²) in [5.41, 5.74) is 15.5. The average molecular weight is 652 g/mol. The van der Waals surface area contributed by atoms with Crippen molar-refractivity contribution in [1.29, 1.82) is 0 Å². The molecule has 248 valence electrons. The molecule has 0 fully saturated rings. The first-order valence-electron chi connectivity index (χ1n) is 15.4. The van der Waals surface area contributed by atoms with Gasteiger partial charge < -0.3 is 42.5 Å². The first-order valence-corrected chi connectivity index (χ1v) is 15.4. The van der Waals surface area contributed by atoms with Gasteiger partial charge in [-0.1, -0.05) is 66.7 Å². The third-order valence-corrected chi connectivity index (χ3v) is 8.12. The van der Waals surface area contributed by atoms with E-state index in [4.69, 9.17) is 11.5 Å². The molecule has 13 heteroatoms. The molecule has 2 heterocycles. The minimum atomic E-state index is -1.53. The van der Waals surface area contributed by atoms with Gasteiger partial charge in [0.05, 0.1) is 12.5 Å². The van der Waals surface area contributed by atoms with Crippen molar-refractivity contribution in [2.24, 2.45) is 11.5 Å². The number of aromatic nitrogens is 2. The molecule has 2 aromatic heterocycles. The Labute approximate surface area is 275 Å². The van der Waals surface area contributed by atoms with Crippen molar-refractivity contribution in [1.82, 2.24) is 25.9 Å². The number of H-pyrrole nitrogens is 2. The van der Waals surface area contributed by atoms with Crippen molar-refractivity contribution in [3.05, 3.63) is 108 Å². The average Bonchev–Trinajstić information content (AvgIpc) is 3.67. The Kier molecular flexibility index (Phi) is 10.5. The summed E-state index contributed by atoms with van der Waals surface area (Å²) in [4.78, 5) is 71.0. The van der Waals surface area contributed by atoms with E-state index in [9.17, 15) is 29.1 Å². The Hall–Kier alpha value is -5.95. The summed E-state index contributed by atoms with van der Waals surface area (Å²) in [6, 6.07) is 18.8. The Bertz CT molecular complexity index is 1940. The molecule has 48 heavy (non-hydrogen) atoms. The molecule has 0 aliphatic heterocycles. The van der Waals surface area contributed by atoms with Gasteiger partial charge in [-0.15, -0.1) is 0 Å². The number of rotatable bonds is 15. The van der Waals surface area contributed by atoms with Crippen LogP contribution in [0, 0.1) is 0 Å². The van der Waals surface area contributed by atoms with Gasteiger partial charge in [0.2, 0.25) is 23.6 Å². The molecular weight excluding hydrogens is 614 g/mol. The molecule has 4 amide bonds. The minimum absolute atomic E-state index is 0.0167. The maximum absolute atomic E-state index is 13.8. The maximum atomic E-state index is 13.8. The van der Waals surface area contributed by atoms with E-state index >= 15 is 0 Å². The van der Waals surface area contributed by atoms with E-state index in [1.165, 1.54) is 0 Å². The number of carboxylic acids is 1. The summed E-state index contributed by atoms with van der Waals surface area (Å²) in [5, 5.41) is 19.2. The van der Waals surface area contributed by atoms with Crippen LogP contribution in [-0.2, 0) is 43.2 Å². The summed E-state index contributed by atoms with van der Waals surface area (Å²) >= 11 is 0. The highest BCUT2D eigenvalue weighted by Crippen LogP contribution is 2.21. The Morgan fingerprint density at radius 1 is 0.625 bits per heavy atom. The molecule has 0 spiro atoms. The zero-order valence-corrected chi connectivity index (χ0v) is 25.9.